The Labute approximate surface area is 126 Å². The fraction of sp³-hybridized carbons (Fsp3) is 0.600. The average molecular weight is 310 g/mol. The molecule has 3 unspecified atom stereocenters. The zero-order chi connectivity index (χ0) is 15.0. The fourth-order valence-electron chi connectivity index (χ4n) is 3.11. The van der Waals surface area contributed by atoms with E-state index in [0.717, 1.165) is 18.5 Å². The van der Waals surface area contributed by atoms with Crippen LogP contribution in [0.1, 0.15) is 33.1 Å². The lowest BCUT2D eigenvalue weighted by molar-refractivity contribution is 0.102. The molecular weight excluding hydrogens is 288 g/mol. The maximum absolute atomic E-state index is 12.1. The molecule has 1 aromatic carbocycles. The fourth-order valence-corrected chi connectivity index (χ4v) is 4.36. The Balaban J connectivity index is 1.67. The molecule has 0 aromatic heterocycles. The van der Waals surface area contributed by atoms with Gasteiger partial charge in [-0.05, 0) is 57.4 Å². The number of hydrogen-bond acceptors (Lipinski definition) is 4. The van der Waals surface area contributed by atoms with Crippen molar-refractivity contribution in [3.63, 3.8) is 0 Å². The predicted octanol–water partition coefficient (Wildman–Crippen LogP) is 2.11. The molecule has 21 heavy (non-hydrogen) atoms. The second kappa shape index (κ2) is 5.59. The summed E-state index contributed by atoms with van der Waals surface area (Å²) in [5, 5.41) is 3.45. The summed E-state index contributed by atoms with van der Waals surface area (Å²) in [5.74, 6) is 0. The van der Waals surface area contributed by atoms with Gasteiger partial charge in [0.25, 0.3) is 0 Å². The van der Waals surface area contributed by atoms with E-state index in [9.17, 15) is 8.42 Å². The van der Waals surface area contributed by atoms with Crippen LogP contribution in [-0.2, 0) is 14.8 Å². The highest BCUT2D eigenvalue weighted by atomic mass is 32.2. The zero-order valence-corrected chi connectivity index (χ0v) is 13.2. The number of hydrogen-bond donors (Lipinski definition) is 2. The minimum atomic E-state index is -3.41. The molecule has 2 aliphatic heterocycles. The first-order chi connectivity index (χ1) is 9.94. The number of ether oxygens (including phenoxy) is 1. The standard InChI is InChI=1S/C15H22N2O3S/c1-10(2)17-21(18,19)13-6-3-11(4-7-13)16-14-9-12-5-8-15(14)20-12/h3-4,6-7,10,12,14-17H,5,8-9H2,1-2H3. The molecule has 0 spiro atoms. The van der Waals surface area contributed by atoms with Crippen LogP contribution in [0.2, 0.25) is 0 Å². The lowest BCUT2D eigenvalue weighted by Gasteiger charge is -2.21. The van der Waals surface area contributed by atoms with E-state index in [1.54, 1.807) is 12.1 Å². The summed E-state index contributed by atoms with van der Waals surface area (Å²) in [6.07, 6.45) is 4.04. The molecule has 2 heterocycles. The van der Waals surface area contributed by atoms with Crippen molar-refractivity contribution in [2.24, 2.45) is 0 Å². The Hall–Kier alpha value is -1.11. The number of rotatable bonds is 5. The van der Waals surface area contributed by atoms with Gasteiger partial charge in [-0.25, -0.2) is 13.1 Å². The van der Waals surface area contributed by atoms with Crippen LogP contribution in [0.4, 0.5) is 5.69 Å². The molecule has 3 rings (SSSR count). The number of fused-ring (bicyclic) bond motifs is 2. The molecule has 1 aromatic rings. The third-order valence-electron chi connectivity index (χ3n) is 4.01. The average Bonchev–Trinajstić information content (AvgIpc) is 3.00. The van der Waals surface area contributed by atoms with E-state index >= 15 is 0 Å². The predicted molar refractivity (Wildman–Crippen MR) is 81.8 cm³/mol. The third kappa shape index (κ3) is 3.22. The molecule has 0 radical (unpaired) electrons. The minimum Gasteiger partial charge on any atom is -0.380 e. The van der Waals surface area contributed by atoms with Crippen molar-refractivity contribution < 1.29 is 13.2 Å². The van der Waals surface area contributed by atoms with Crippen LogP contribution in [0.15, 0.2) is 29.2 Å². The maximum Gasteiger partial charge on any atom is 0.240 e. The molecule has 116 valence electrons. The first-order valence-corrected chi connectivity index (χ1v) is 8.97. The molecule has 6 heteroatoms. The first-order valence-electron chi connectivity index (χ1n) is 7.48. The molecule has 2 saturated heterocycles. The molecule has 2 fully saturated rings. The molecule has 0 saturated carbocycles. The van der Waals surface area contributed by atoms with Crippen molar-refractivity contribution in [2.75, 3.05) is 5.32 Å². The van der Waals surface area contributed by atoms with Crippen LogP contribution in [0.3, 0.4) is 0 Å². The topological polar surface area (TPSA) is 67.4 Å². The van der Waals surface area contributed by atoms with Crippen LogP contribution in [0.5, 0.6) is 0 Å². The van der Waals surface area contributed by atoms with Gasteiger partial charge in [-0.15, -0.1) is 0 Å². The van der Waals surface area contributed by atoms with Crippen molar-refractivity contribution in [3.05, 3.63) is 24.3 Å². The van der Waals surface area contributed by atoms with Gasteiger partial charge in [0, 0.05) is 11.7 Å². The SMILES string of the molecule is CC(C)NS(=O)(=O)c1ccc(NC2CC3CCC2O3)cc1. The number of nitrogens with one attached hydrogen (secondary N) is 2. The number of benzene rings is 1. The first kappa shape index (κ1) is 14.8. The molecular formula is C15H22N2O3S. The van der Waals surface area contributed by atoms with Gasteiger partial charge in [-0.3, -0.25) is 0 Å². The highest BCUT2D eigenvalue weighted by molar-refractivity contribution is 7.89. The van der Waals surface area contributed by atoms with E-state index in [1.165, 1.54) is 6.42 Å². The van der Waals surface area contributed by atoms with E-state index in [2.05, 4.69) is 10.0 Å². The molecule has 2 N–H and O–H groups in total. The molecule has 0 amide bonds. The van der Waals surface area contributed by atoms with Crippen LogP contribution in [-0.4, -0.2) is 32.7 Å². The van der Waals surface area contributed by atoms with Gasteiger partial charge in [-0.1, -0.05) is 0 Å². The van der Waals surface area contributed by atoms with Crippen LogP contribution in [0, 0.1) is 0 Å². The molecule has 3 atom stereocenters. The summed E-state index contributed by atoms with van der Waals surface area (Å²) in [6.45, 7) is 3.62. The molecule has 5 nitrogen and oxygen atoms in total. The Morgan fingerprint density at radius 1 is 1.19 bits per heavy atom. The maximum atomic E-state index is 12.1. The van der Waals surface area contributed by atoms with Gasteiger partial charge < -0.3 is 10.1 Å². The molecule has 2 bridgehead atoms. The van der Waals surface area contributed by atoms with Crippen molar-refractivity contribution in [2.45, 2.75) is 62.3 Å². The number of sulfonamides is 1. The Morgan fingerprint density at radius 3 is 2.43 bits per heavy atom. The highest BCUT2D eigenvalue weighted by Gasteiger charge is 2.40. The van der Waals surface area contributed by atoms with E-state index in [1.807, 2.05) is 26.0 Å². The van der Waals surface area contributed by atoms with Gasteiger partial charge in [0.05, 0.1) is 23.1 Å². The van der Waals surface area contributed by atoms with E-state index in [4.69, 9.17) is 4.74 Å². The van der Waals surface area contributed by atoms with Crippen molar-refractivity contribution in [1.29, 1.82) is 0 Å². The molecule has 0 aliphatic carbocycles. The van der Waals surface area contributed by atoms with Gasteiger partial charge >= 0.3 is 0 Å². The summed E-state index contributed by atoms with van der Waals surface area (Å²) >= 11 is 0. The van der Waals surface area contributed by atoms with Crippen molar-refractivity contribution in [3.8, 4) is 0 Å². The van der Waals surface area contributed by atoms with Gasteiger partial charge in [0.1, 0.15) is 0 Å². The summed E-state index contributed by atoms with van der Waals surface area (Å²) in [5.41, 5.74) is 0.944. The van der Waals surface area contributed by atoms with Gasteiger partial charge in [0.2, 0.25) is 10.0 Å². The zero-order valence-electron chi connectivity index (χ0n) is 12.4. The minimum absolute atomic E-state index is 0.112. The third-order valence-corrected chi connectivity index (χ3v) is 5.69. The van der Waals surface area contributed by atoms with Crippen molar-refractivity contribution in [1.82, 2.24) is 4.72 Å². The largest absolute Gasteiger partial charge is 0.380 e. The second-order valence-corrected chi connectivity index (χ2v) is 7.87. The quantitative estimate of drug-likeness (QED) is 0.874. The summed E-state index contributed by atoms with van der Waals surface area (Å²) < 4.78 is 32.5. The second-order valence-electron chi connectivity index (χ2n) is 6.16. The Morgan fingerprint density at radius 2 is 1.90 bits per heavy atom. The Bertz CT molecular complexity index is 598. The smallest absolute Gasteiger partial charge is 0.240 e. The summed E-state index contributed by atoms with van der Waals surface area (Å²) in [4.78, 5) is 0.297. The van der Waals surface area contributed by atoms with E-state index < -0.39 is 10.0 Å². The van der Waals surface area contributed by atoms with E-state index in [-0.39, 0.29) is 6.04 Å². The van der Waals surface area contributed by atoms with Crippen LogP contribution in [0.25, 0.3) is 0 Å². The van der Waals surface area contributed by atoms with Gasteiger partial charge in [0.15, 0.2) is 0 Å². The lowest BCUT2D eigenvalue weighted by atomic mass is 9.95. The molecule has 2 aliphatic rings. The summed E-state index contributed by atoms with van der Waals surface area (Å²) in [7, 11) is -3.41. The monoisotopic (exact) mass is 310 g/mol. The van der Waals surface area contributed by atoms with Crippen molar-refractivity contribution >= 4 is 15.7 Å². The number of anilines is 1. The lowest BCUT2D eigenvalue weighted by Crippen LogP contribution is -2.31. The highest BCUT2D eigenvalue weighted by Crippen LogP contribution is 2.36. The van der Waals surface area contributed by atoms with Gasteiger partial charge in [-0.2, -0.15) is 0 Å². The van der Waals surface area contributed by atoms with Crippen LogP contribution < -0.4 is 10.0 Å². The van der Waals surface area contributed by atoms with E-state index in [0.29, 0.717) is 23.1 Å². The normalized spacial score (nSPS) is 28.2. The summed E-state index contributed by atoms with van der Waals surface area (Å²) in [6, 6.07) is 7.16. The van der Waals surface area contributed by atoms with Crippen LogP contribution >= 0.6 is 0 Å². The Kier molecular flexibility index (Phi) is 3.94.